The van der Waals surface area contributed by atoms with Crippen LogP contribution in [-0.2, 0) is 14.1 Å². The van der Waals surface area contributed by atoms with Gasteiger partial charge >= 0.3 is 5.69 Å². The van der Waals surface area contributed by atoms with Gasteiger partial charge in [-0.25, -0.2) is 13.6 Å². The molecule has 5 rings (SSSR count). The van der Waals surface area contributed by atoms with Crippen molar-refractivity contribution in [1.82, 2.24) is 13.7 Å². The molecule has 0 bridgehead atoms. The van der Waals surface area contributed by atoms with Gasteiger partial charge in [0.15, 0.2) is 11.6 Å². The number of hydrogen-bond acceptors (Lipinski definition) is 3. The van der Waals surface area contributed by atoms with E-state index in [-0.39, 0.29) is 5.56 Å². The van der Waals surface area contributed by atoms with Crippen LogP contribution in [0, 0.1) is 11.6 Å². The first kappa shape index (κ1) is 17.4. The molecule has 0 fully saturated rings. The van der Waals surface area contributed by atoms with E-state index in [0.717, 1.165) is 16.3 Å². The first-order valence-corrected chi connectivity index (χ1v) is 9.01. The summed E-state index contributed by atoms with van der Waals surface area (Å²) in [6.07, 6.45) is 1.65. The molecule has 1 atom stereocenters. The number of para-hydroxylation sites is 2. The summed E-state index contributed by atoms with van der Waals surface area (Å²) in [5.74, 6) is -1.94. The molecule has 6 nitrogen and oxygen atoms in total. The highest BCUT2D eigenvalue weighted by molar-refractivity contribution is 5.86. The predicted octanol–water partition coefficient (Wildman–Crippen LogP) is 2.82. The third kappa shape index (κ3) is 2.25. The van der Waals surface area contributed by atoms with Crippen LogP contribution in [0.5, 0.6) is 0 Å². The summed E-state index contributed by atoms with van der Waals surface area (Å²) in [4.78, 5) is 25.3. The van der Waals surface area contributed by atoms with Crippen molar-refractivity contribution in [2.45, 2.75) is 6.04 Å². The Morgan fingerprint density at radius 2 is 1.72 bits per heavy atom. The highest BCUT2D eigenvalue weighted by Crippen LogP contribution is 2.41. The molecule has 29 heavy (non-hydrogen) atoms. The number of fused-ring (bicyclic) bond motifs is 5. The van der Waals surface area contributed by atoms with Crippen LogP contribution in [0.1, 0.15) is 17.3 Å². The molecule has 2 aromatic carbocycles. The molecule has 1 N–H and O–H groups in total. The van der Waals surface area contributed by atoms with Crippen LogP contribution in [0.25, 0.3) is 16.6 Å². The Balaban J connectivity index is 1.96. The maximum absolute atomic E-state index is 14.7. The molecule has 0 unspecified atom stereocenters. The van der Waals surface area contributed by atoms with Gasteiger partial charge in [0, 0.05) is 25.9 Å². The molecular formula is C21H16F2N4O2. The zero-order valence-electron chi connectivity index (χ0n) is 15.6. The van der Waals surface area contributed by atoms with E-state index in [9.17, 15) is 18.4 Å². The molecule has 8 heteroatoms. The fraction of sp³-hybridized carbons (Fsp3) is 0.143. The second-order valence-electron chi connectivity index (χ2n) is 7.09. The van der Waals surface area contributed by atoms with Crippen molar-refractivity contribution in [3.8, 4) is 5.69 Å². The smallest absolute Gasteiger partial charge is 0.331 e. The second-order valence-corrected chi connectivity index (χ2v) is 7.09. The van der Waals surface area contributed by atoms with Crippen LogP contribution in [0.3, 0.4) is 0 Å². The summed E-state index contributed by atoms with van der Waals surface area (Å²) in [6.45, 7) is 0. The Kier molecular flexibility index (Phi) is 3.55. The highest BCUT2D eigenvalue weighted by Gasteiger charge is 2.32. The van der Waals surface area contributed by atoms with E-state index >= 15 is 0 Å². The molecule has 0 aliphatic carbocycles. The van der Waals surface area contributed by atoms with Gasteiger partial charge in [0.25, 0.3) is 5.56 Å². The van der Waals surface area contributed by atoms with Gasteiger partial charge in [-0.1, -0.05) is 24.3 Å². The van der Waals surface area contributed by atoms with Gasteiger partial charge < -0.3 is 9.88 Å². The van der Waals surface area contributed by atoms with Crippen LogP contribution >= 0.6 is 0 Å². The Bertz CT molecular complexity index is 1430. The van der Waals surface area contributed by atoms with Crippen molar-refractivity contribution in [2.75, 3.05) is 5.32 Å². The summed E-state index contributed by atoms with van der Waals surface area (Å²) >= 11 is 0. The minimum absolute atomic E-state index is 0.0916. The molecule has 0 saturated carbocycles. The topological polar surface area (TPSA) is 61.0 Å². The average molecular weight is 394 g/mol. The molecule has 2 aromatic heterocycles. The lowest BCUT2D eigenvalue weighted by Crippen LogP contribution is -2.37. The first-order valence-electron chi connectivity index (χ1n) is 9.01. The number of nitrogens with one attached hydrogen (secondary N) is 1. The third-order valence-electron chi connectivity index (χ3n) is 5.49. The number of rotatable bonds is 1. The number of anilines is 1. The van der Waals surface area contributed by atoms with E-state index in [0.29, 0.717) is 22.3 Å². The number of benzene rings is 2. The molecule has 4 aromatic rings. The Hall–Kier alpha value is -3.68. The normalized spacial score (nSPS) is 15.1. The first-order chi connectivity index (χ1) is 13.9. The SMILES string of the molecule is Cn1c(=O)c2cn3c(c2n(C)c1=O)[C@@H](c1cccc(F)c1F)Nc1ccccc1-3. The lowest BCUT2D eigenvalue weighted by atomic mass is 9.99. The zero-order valence-corrected chi connectivity index (χ0v) is 15.6. The molecule has 1 aliphatic rings. The number of hydrogen-bond donors (Lipinski definition) is 1. The summed E-state index contributed by atoms with van der Waals surface area (Å²) in [5.41, 5.74) is 1.50. The average Bonchev–Trinajstić information content (AvgIpc) is 3.13. The lowest BCUT2D eigenvalue weighted by Gasteiger charge is -2.30. The maximum atomic E-state index is 14.7. The van der Waals surface area contributed by atoms with E-state index in [2.05, 4.69) is 5.32 Å². The zero-order chi connectivity index (χ0) is 20.4. The fourth-order valence-corrected chi connectivity index (χ4v) is 4.08. The third-order valence-corrected chi connectivity index (χ3v) is 5.49. The van der Waals surface area contributed by atoms with Crippen molar-refractivity contribution in [1.29, 1.82) is 0 Å². The quantitative estimate of drug-likeness (QED) is 0.540. The summed E-state index contributed by atoms with van der Waals surface area (Å²) in [5, 5.41) is 3.57. The Labute approximate surface area is 163 Å². The summed E-state index contributed by atoms with van der Waals surface area (Å²) in [6, 6.07) is 10.5. The standard InChI is InChI=1S/C21H16F2N4O2/c1-25-18-12(20(28)26(2)21(25)29)10-27-15-9-4-3-8-14(15)24-17(19(18)27)11-6-5-7-13(22)16(11)23/h3-10,17,24H,1-2H3/t17-/m1/s1. The van der Waals surface area contributed by atoms with Gasteiger partial charge in [-0.15, -0.1) is 0 Å². The lowest BCUT2D eigenvalue weighted by molar-refractivity contribution is 0.495. The predicted molar refractivity (Wildman–Crippen MR) is 106 cm³/mol. The van der Waals surface area contributed by atoms with Crippen LogP contribution in [0.4, 0.5) is 14.5 Å². The van der Waals surface area contributed by atoms with Crippen molar-refractivity contribution < 1.29 is 8.78 Å². The number of nitrogens with zero attached hydrogens (tertiary/aromatic N) is 3. The number of aromatic nitrogens is 3. The van der Waals surface area contributed by atoms with E-state index in [1.54, 1.807) is 17.8 Å². The highest BCUT2D eigenvalue weighted by atomic mass is 19.2. The second kappa shape index (κ2) is 5.91. The minimum atomic E-state index is -0.973. The van der Waals surface area contributed by atoms with Gasteiger partial charge in [0.05, 0.1) is 34.0 Å². The summed E-state index contributed by atoms with van der Waals surface area (Å²) < 4.78 is 32.9. The molecule has 0 saturated heterocycles. The van der Waals surface area contributed by atoms with Crippen molar-refractivity contribution >= 4 is 16.6 Å². The summed E-state index contributed by atoms with van der Waals surface area (Å²) in [7, 11) is 2.97. The Morgan fingerprint density at radius 1 is 0.966 bits per heavy atom. The van der Waals surface area contributed by atoms with Gasteiger partial charge in [0.2, 0.25) is 0 Å². The van der Waals surface area contributed by atoms with Crippen LogP contribution in [0.15, 0.2) is 58.3 Å². The fourth-order valence-electron chi connectivity index (χ4n) is 4.08. The molecule has 0 radical (unpaired) electrons. The van der Waals surface area contributed by atoms with Crippen LogP contribution in [-0.4, -0.2) is 13.7 Å². The van der Waals surface area contributed by atoms with Crippen molar-refractivity contribution in [3.05, 3.63) is 92.4 Å². The monoisotopic (exact) mass is 394 g/mol. The maximum Gasteiger partial charge on any atom is 0.331 e. The van der Waals surface area contributed by atoms with Crippen molar-refractivity contribution in [2.24, 2.45) is 14.1 Å². The molecule has 1 aliphatic heterocycles. The molecular weight excluding hydrogens is 378 g/mol. The van der Waals surface area contributed by atoms with Gasteiger partial charge in [-0.2, -0.15) is 0 Å². The van der Waals surface area contributed by atoms with Crippen molar-refractivity contribution in [3.63, 3.8) is 0 Å². The van der Waals surface area contributed by atoms with E-state index in [4.69, 9.17) is 0 Å². The van der Waals surface area contributed by atoms with Crippen LogP contribution < -0.4 is 16.6 Å². The number of halogens is 2. The minimum Gasteiger partial charge on any atom is -0.371 e. The van der Waals surface area contributed by atoms with E-state index in [1.807, 2.05) is 24.3 Å². The van der Waals surface area contributed by atoms with Crippen LogP contribution in [0.2, 0.25) is 0 Å². The number of aryl methyl sites for hydroxylation is 1. The van der Waals surface area contributed by atoms with E-state index < -0.39 is 28.9 Å². The van der Waals surface area contributed by atoms with E-state index in [1.165, 1.54) is 23.7 Å². The van der Waals surface area contributed by atoms with Gasteiger partial charge in [-0.3, -0.25) is 13.9 Å². The largest absolute Gasteiger partial charge is 0.371 e. The molecule has 0 amide bonds. The molecule has 0 spiro atoms. The Morgan fingerprint density at radius 3 is 2.52 bits per heavy atom. The molecule has 146 valence electrons. The molecule has 3 heterocycles. The van der Waals surface area contributed by atoms with Gasteiger partial charge in [-0.05, 0) is 18.2 Å². The van der Waals surface area contributed by atoms with Gasteiger partial charge in [0.1, 0.15) is 0 Å².